The van der Waals surface area contributed by atoms with Crippen LogP contribution in [-0.4, -0.2) is 17.7 Å². The first kappa shape index (κ1) is 13.8. The van der Waals surface area contributed by atoms with Crippen molar-refractivity contribution in [3.8, 4) is 0 Å². The van der Waals surface area contributed by atoms with Crippen LogP contribution in [-0.2, 0) is 13.6 Å². The van der Waals surface area contributed by atoms with E-state index in [2.05, 4.69) is 12.2 Å². The van der Waals surface area contributed by atoms with Crippen LogP contribution in [0.3, 0.4) is 0 Å². The fourth-order valence-corrected chi connectivity index (χ4v) is 1.98. The number of fused-ring (bicyclic) bond motifs is 1. The molecule has 0 fully saturated rings. The molecular formula is C14H21N3O2. The minimum atomic E-state index is -0.322. The molecule has 1 heterocycles. The standard InChI is InChI=1S/C14H21N3O2/c1-10(8-15)5-6-16-9-11-3-4-13-12(7-11)17(2)14(18)19-13/h3-4,7,10,16H,5-6,8-9,15H2,1-2H3. The molecule has 5 nitrogen and oxygen atoms in total. The molecule has 1 unspecified atom stereocenters. The Kier molecular flexibility index (Phi) is 4.39. The Morgan fingerprint density at radius 1 is 1.47 bits per heavy atom. The maximum Gasteiger partial charge on any atom is 0.419 e. The van der Waals surface area contributed by atoms with Gasteiger partial charge in [-0.25, -0.2) is 4.79 Å². The smallest absolute Gasteiger partial charge is 0.408 e. The molecule has 0 radical (unpaired) electrons. The van der Waals surface area contributed by atoms with Crippen LogP contribution < -0.4 is 16.8 Å². The lowest BCUT2D eigenvalue weighted by molar-refractivity contribution is 0.509. The third-order valence-corrected chi connectivity index (χ3v) is 3.40. The highest BCUT2D eigenvalue weighted by molar-refractivity contribution is 5.73. The van der Waals surface area contributed by atoms with E-state index in [0.717, 1.165) is 37.1 Å². The minimum absolute atomic E-state index is 0.322. The Balaban J connectivity index is 1.98. The number of hydrogen-bond donors (Lipinski definition) is 2. The van der Waals surface area contributed by atoms with E-state index in [4.69, 9.17) is 10.2 Å². The molecular weight excluding hydrogens is 242 g/mol. The zero-order chi connectivity index (χ0) is 13.8. The molecule has 1 aromatic heterocycles. The predicted octanol–water partition coefficient (Wildman–Crippen LogP) is 1.21. The van der Waals surface area contributed by atoms with Crippen molar-refractivity contribution >= 4 is 11.1 Å². The molecule has 0 saturated heterocycles. The Morgan fingerprint density at radius 3 is 3.00 bits per heavy atom. The normalized spacial score (nSPS) is 13.0. The number of aromatic nitrogens is 1. The first-order chi connectivity index (χ1) is 9.11. The van der Waals surface area contributed by atoms with E-state index in [1.165, 1.54) is 4.57 Å². The van der Waals surface area contributed by atoms with Gasteiger partial charge in [0.05, 0.1) is 5.52 Å². The van der Waals surface area contributed by atoms with E-state index in [0.29, 0.717) is 11.5 Å². The Labute approximate surface area is 112 Å². The second-order valence-electron chi connectivity index (χ2n) is 5.04. The number of nitrogens with two attached hydrogens (primary N) is 1. The van der Waals surface area contributed by atoms with Crippen molar-refractivity contribution in [3.05, 3.63) is 34.3 Å². The quantitative estimate of drug-likeness (QED) is 0.768. The molecule has 0 aliphatic carbocycles. The summed E-state index contributed by atoms with van der Waals surface area (Å²) in [5, 5.41) is 3.38. The minimum Gasteiger partial charge on any atom is -0.408 e. The lowest BCUT2D eigenvalue weighted by Crippen LogP contribution is -2.20. The zero-order valence-corrected chi connectivity index (χ0v) is 11.5. The van der Waals surface area contributed by atoms with Gasteiger partial charge in [-0.15, -0.1) is 0 Å². The first-order valence-corrected chi connectivity index (χ1v) is 6.61. The van der Waals surface area contributed by atoms with Gasteiger partial charge in [0.1, 0.15) is 0 Å². The summed E-state index contributed by atoms with van der Waals surface area (Å²) in [7, 11) is 1.72. The number of nitrogens with one attached hydrogen (secondary N) is 1. The summed E-state index contributed by atoms with van der Waals surface area (Å²) >= 11 is 0. The molecule has 0 amide bonds. The van der Waals surface area contributed by atoms with E-state index in [-0.39, 0.29) is 5.76 Å². The summed E-state index contributed by atoms with van der Waals surface area (Å²) in [6.07, 6.45) is 1.07. The largest absolute Gasteiger partial charge is 0.419 e. The van der Waals surface area contributed by atoms with Crippen molar-refractivity contribution < 1.29 is 4.42 Å². The van der Waals surface area contributed by atoms with Gasteiger partial charge in [0.15, 0.2) is 5.58 Å². The van der Waals surface area contributed by atoms with Crippen LogP contribution >= 0.6 is 0 Å². The van der Waals surface area contributed by atoms with Crippen LogP contribution in [0.15, 0.2) is 27.4 Å². The third-order valence-electron chi connectivity index (χ3n) is 3.40. The van der Waals surface area contributed by atoms with E-state index >= 15 is 0 Å². The van der Waals surface area contributed by atoms with Crippen molar-refractivity contribution in [1.82, 2.24) is 9.88 Å². The van der Waals surface area contributed by atoms with Crippen LogP contribution in [0, 0.1) is 5.92 Å². The fourth-order valence-electron chi connectivity index (χ4n) is 1.98. The summed E-state index contributed by atoms with van der Waals surface area (Å²) in [5.41, 5.74) is 8.18. The number of rotatable bonds is 6. The predicted molar refractivity (Wildman–Crippen MR) is 76.0 cm³/mol. The molecule has 5 heteroatoms. The van der Waals surface area contributed by atoms with Crippen molar-refractivity contribution in [2.75, 3.05) is 13.1 Å². The van der Waals surface area contributed by atoms with E-state index in [9.17, 15) is 4.79 Å². The van der Waals surface area contributed by atoms with E-state index in [1.807, 2.05) is 18.2 Å². The molecule has 104 valence electrons. The SMILES string of the molecule is CC(CN)CCNCc1ccc2oc(=O)n(C)c2c1. The summed E-state index contributed by atoms with van der Waals surface area (Å²) in [5.74, 6) is 0.224. The summed E-state index contributed by atoms with van der Waals surface area (Å²) in [6, 6.07) is 5.81. The fraction of sp³-hybridized carbons (Fsp3) is 0.500. The number of aryl methyl sites for hydroxylation is 1. The van der Waals surface area contributed by atoms with Crippen LogP contribution in [0.2, 0.25) is 0 Å². The molecule has 0 aliphatic heterocycles. The van der Waals surface area contributed by atoms with Crippen LogP contribution in [0.25, 0.3) is 11.1 Å². The monoisotopic (exact) mass is 263 g/mol. The third kappa shape index (κ3) is 3.24. The van der Waals surface area contributed by atoms with Crippen LogP contribution in [0.4, 0.5) is 0 Å². The van der Waals surface area contributed by atoms with Crippen molar-refractivity contribution in [2.24, 2.45) is 18.7 Å². The maximum atomic E-state index is 11.4. The van der Waals surface area contributed by atoms with Crippen molar-refractivity contribution in [2.45, 2.75) is 19.9 Å². The molecule has 0 aliphatic rings. The second-order valence-corrected chi connectivity index (χ2v) is 5.04. The molecule has 19 heavy (non-hydrogen) atoms. The molecule has 1 aromatic carbocycles. The number of benzene rings is 1. The molecule has 0 saturated carbocycles. The first-order valence-electron chi connectivity index (χ1n) is 6.61. The van der Waals surface area contributed by atoms with Crippen molar-refractivity contribution in [1.29, 1.82) is 0 Å². The summed E-state index contributed by atoms with van der Waals surface area (Å²) in [6.45, 7) is 4.60. The Hall–Kier alpha value is -1.59. The molecule has 0 spiro atoms. The Bertz CT molecular complexity index is 600. The average Bonchev–Trinajstić information content (AvgIpc) is 2.70. The van der Waals surface area contributed by atoms with Gasteiger partial charge in [0, 0.05) is 13.6 Å². The molecule has 3 N–H and O–H groups in total. The molecule has 0 bridgehead atoms. The number of oxazole rings is 1. The van der Waals surface area contributed by atoms with Gasteiger partial charge in [-0.3, -0.25) is 4.57 Å². The maximum absolute atomic E-state index is 11.4. The lowest BCUT2D eigenvalue weighted by Gasteiger charge is -2.09. The Morgan fingerprint density at radius 2 is 2.26 bits per heavy atom. The average molecular weight is 263 g/mol. The van der Waals surface area contributed by atoms with Gasteiger partial charge < -0.3 is 15.5 Å². The van der Waals surface area contributed by atoms with Gasteiger partial charge in [-0.1, -0.05) is 13.0 Å². The highest BCUT2D eigenvalue weighted by Gasteiger charge is 2.06. The highest BCUT2D eigenvalue weighted by Crippen LogP contribution is 2.14. The zero-order valence-electron chi connectivity index (χ0n) is 11.5. The highest BCUT2D eigenvalue weighted by atomic mass is 16.4. The van der Waals surface area contributed by atoms with Gasteiger partial charge in [-0.2, -0.15) is 0 Å². The van der Waals surface area contributed by atoms with E-state index < -0.39 is 0 Å². The van der Waals surface area contributed by atoms with E-state index in [1.54, 1.807) is 7.05 Å². The van der Waals surface area contributed by atoms with Gasteiger partial charge >= 0.3 is 5.76 Å². The molecule has 2 rings (SSSR count). The van der Waals surface area contributed by atoms with Gasteiger partial charge in [-0.05, 0) is 43.1 Å². The van der Waals surface area contributed by atoms with Crippen molar-refractivity contribution in [3.63, 3.8) is 0 Å². The second kappa shape index (κ2) is 6.04. The molecule has 2 aromatic rings. The summed E-state index contributed by atoms with van der Waals surface area (Å²) in [4.78, 5) is 11.4. The number of hydrogen-bond acceptors (Lipinski definition) is 4. The van der Waals surface area contributed by atoms with Crippen LogP contribution in [0.5, 0.6) is 0 Å². The molecule has 1 atom stereocenters. The lowest BCUT2D eigenvalue weighted by atomic mass is 10.1. The number of nitrogens with zero attached hydrogens (tertiary/aromatic N) is 1. The topological polar surface area (TPSA) is 73.2 Å². The van der Waals surface area contributed by atoms with Gasteiger partial charge in [0.2, 0.25) is 0 Å². The van der Waals surface area contributed by atoms with Gasteiger partial charge in [0.25, 0.3) is 0 Å². The summed E-state index contributed by atoms with van der Waals surface area (Å²) < 4.78 is 6.62. The van der Waals surface area contributed by atoms with Crippen LogP contribution in [0.1, 0.15) is 18.9 Å².